The number of Topliss-reactive ketones (excluding diaryl/α,β-unsaturated/α-hetero) is 1. The number of rotatable bonds is 3. The number of sulfone groups is 1. The lowest BCUT2D eigenvalue weighted by Crippen LogP contribution is -2.28. The van der Waals surface area contributed by atoms with Crippen LogP contribution in [0.5, 0.6) is 0 Å². The molecule has 19 heavy (non-hydrogen) atoms. The van der Waals surface area contributed by atoms with E-state index >= 15 is 0 Å². The molecule has 102 valence electrons. The summed E-state index contributed by atoms with van der Waals surface area (Å²) in [4.78, 5) is 11.9. The number of carbonyl (C=O) groups excluding carboxylic acids is 1. The molecule has 0 aliphatic heterocycles. The van der Waals surface area contributed by atoms with E-state index in [-0.39, 0.29) is 17.6 Å². The van der Waals surface area contributed by atoms with E-state index < -0.39 is 15.1 Å². The minimum atomic E-state index is -3.46. The molecule has 1 saturated carbocycles. The topological polar surface area (TPSA) is 51.2 Å². The molecule has 0 N–H and O–H groups in total. The highest BCUT2D eigenvalue weighted by Crippen LogP contribution is 2.41. The van der Waals surface area contributed by atoms with Crippen LogP contribution in [0.2, 0.25) is 0 Å². The van der Waals surface area contributed by atoms with Gasteiger partial charge in [0.1, 0.15) is 5.78 Å². The van der Waals surface area contributed by atoms with Gasteiger partial charge >= 0.3 is 0 Å². The van der Waals surface area contributed by atoms with Crippen molar-refractivity contribution in [1.82, 2.24) is 0 Å². The van der Waals surface area contributed by atoms with Gasteiger partial charge in [0.2, 0.25) is 0 Å². The van der Waals surface area contributed by atoms with Crippen molar-refractivity contribution in [2.24, 2.45) is 11.8 Å². The summed E-state index contributed by atoms with van der Waals surface area (Å²) in [6.45, 7) is 7.23. The summed E-state index contributed by atoms with van der Waals surface area (Å²) in [6.07, 6.45) is 0.479. The summed E-state index contributed by atoms with van der Waals surface area (Å²) in [6, 6.07) is 8.38. The second-order valence-corrected chi connectivity index (χ2v) is 7.29. The van der Waals surface area contributed by atoms with E-state index in [1.54, 1.807) is 30.3 Å². The average Bonchev–Trinajstić information content (AvgIpc) is 2.66. The monoisotopic (exact) mass is 278 g/mol. The van der Waals surface area contributed by atoms with Gasteiger partial charge in [-0.05, 0) is 31.4 Å². The second-order valence-electron chi connectivity index (χ2n) is 5.22. The van der Waals surface area contributed by atoms with Crippen LogP contribution in [0.3, 0.4) is 0 Å². The van der Waals surface area contributed by atoms with Crippen LogP contribution in [0.25, 0.3) is 0 Å². The van der Waals surface area contributed by atoms with Crippen LogP contribution < -0.4 is 0 Å². The lowest BCUT2D eigenvalue weighted by Gasteiger charge is -2.19. The second kappa shape index (κ2) is 4.93. The zero-order chi connectivity index (χ0) is 14.2. The maximum Gasteiger partial charge on any atom is 0.185 e. The van der Waals surface area contributed by atoms with E-state index in [1.165, 1.54) is 6.92 Å². The zero-order valence-corrected chi connectivity index (χ0v) is 12.0. The smallest absolute Gasteiger partial charge is 0.185 e. The van der Waals surface area contributed by atoms with Crippen LogP contribution in [-0.2, 0) is 14.6 Å². The van der Waals surface area contributed by atoms with Crippen LogP contribution in [-0.4, -0.2) is 19.5 Å². The predicted molar refractivity (Wildman–Crippen MR) is 74.5 cm³/mol. The molecule has 0 heterocycles. The molecule has 0 saturated heterocycles. The number of ketones is 1. The fraction of sp³-hybridized carbons (Fsp3) is 0.400. The minimum Gasteiger partial charge on any atom is -0.300 e. The highest BCUT2D eigenvalue weighted by Gasteiger charge is 2.45. The van der Waals surface area contributed by atoms with E-state index in [4.69, 9.17) is 0 Å². The fourth-order valence-electron chi connectivity index (χ4n) is 2.94. The van der Waals surface area contributed by atoms with Gasteiger partial charge in [0.15, 0.2) is 9.84 Å². The minimum absolute atomic E-state index is 0.0411. The van der Waals surface area contributed by atoms with Crippen LogP contribution in [0, 0.1) is 11.8 Å². The number of hydrogen-bond acceptors (Lipinski definition) is 3. The van der Waals surface area contributed by atoms with Gasteiger partial charge < -0.3 is 0 Å². The molecule has 0 spiro atoms. The lowest BCUT2D eigenvalue weighted by atomic mass is 9.94. The van der Waals surface area contributed by atoms with E-state index in [1.807, 2.05) is 6.92 Å². The molecule has 2 rings (SSSR count). The van der Waals surface area contributed by atoms with Crippen LogP contribution in [0.4, 0.5) is 0 Å². The summed E-state index contributed by atoms with van der Waals surface area (Å²) in [5, 5.41) is -0.649. The summed E-state index contributed by atoms with van der Waals surface area (Å²) in [5.41, 5.74) is 0.650. The third-order valence-corrected chi connectivity index (χ3v) is 6.29. The van der Waals surface area contributed by atoms with Crippen molar-refractivity contribution in [1.29, 1.82) is 0 Å². The normalized spacial score (nSPS) is 27.5. The van der Waals surface area contributed by atoms with Gasteiger partial charge in [-0.15, -0.1) is 0 Å². The Balaban J connectivity index is 2.42. The third kappa shape index (κ3) is 2.37. The maximum absolute atomic E-state index is 12.7. The Morgan fingerprint density at radius 3 is 2.32 bits per heavy atom. The van der Waals surface area contributed by atoms with Gasteiger partial charge in [-0.1, -0.05) is 37.3 Å². The van der Waals surface area contributed by atoms with Crippen molar-refractivity contribution < 1.29 is 13.2 Å². The molecule has 1 aromatic rings. The van der Waals surface area contributed by atoms with Crippen molar-refractivity contribution >= 4 is 15.6 Å². The van der Waals surface area contributed by atoms with E-state index in [2.05, 4.69) is 6.58 Å². The Morgan fingerprint density at radius 1 is 1.26 bits per heavy atom. The molecule has 1 aromatic carbocycles. The molecule has 0 unspecified atom stereocenters. The Hall–Kier alpha value is -1.42. The van der Waals surface area contributed by atoms with Crippen molar-refractivity contribution in [2.45, 2.75) is 30.4 Å². The van der Waals surface area contributed by atoms with Crippen LogP contribution in [0.15, 0.2) is 47.4 Å². The predicted octanol–water partition coefficient (Wildman–Crippen LogP) is 2.63. The molecule has 3 atom stereocenters. The zero-order valence-electron chi connectivity index (χ0n) is 11.2. The molecular formula is C15H18O3S. The van der Waals surface area contributed by atoms with E-state index in [9.17, 15) is 13.2 Å². The standard InChI is InChI=1S/C15H18O3S/c1-10-9-14(12(3)16)11(2)15(10)19(17,18)13-7-5-4-6-8-13/h4-8,11,14-15H,1,9H2,2-3H3/t11-,14+,15-/m1/s1. The van der Waals surface area contributed by atoms with Gasteiger partial charge in [-0.2, -0.15) is 0 Å². The van der Waals surface area contributed by atoms with Gasteiger partial charge in [0.25, 0.3) is 0 Å². The number of carbonyl (C=O) groups is 1. The highest BCUT2D eigenvalue weighted by molar-refractivity contribution is 7.92. The summed E-state index contributed by atoms with van der Waals surface area (Å²) < 4.78 is 25.3. The van der Waals surface area contributed by atoms with Crippen molar-refractivity contribution in [2.75, 3.05) is 0 Å². The number of hydrogen-bond donors (Lipinski definition) is 0. The first kappa shape index (κ1) is 14.0. The Bertz CT molecular complexity index is 602. The fourth-order valence-corrected chi connectivity index (χ4v) is 5.06. The van der Waals surface area contributed by atoms with Crippen molar-refractivity contribution in [3.8, 4) is 0 Å². The molecule has 0 amide bonds. The molecule has 4 heteroatoms. The first-order chi connectivity index (χ1) is 8.85. The third-order valence-electron chi connectivity index (χ3n) is 3.92. The van der Waals surface area contributed by atoms with E-state index in [0.717, 1.165) is 0 Å². The molecule has 0 bridgehead atoms. The van der Waals surface area contributed by atoms with Gasteiger partial charge in [0, 0.05) is 5.92 Å². The summed E-state index contributed by atoms with van der Waals surface area (Å²) >= 11 is 0. The van der Waals surface area contributed by atoms with Crippen molar-refractivity contribution in [3.63, 3.8) is 0 Å². The van der Waals surface area contributed by atoms with Crippen LogP contribution in [0.1, 0.15) is 20.3 Å². The Kier molecular flexibility index (Phi) is 3.63. The summed E-state index contributed by atoms with van der Waals surface area (Å²) in [5.74, 6) is -0.398. The van der Waals surface area contributed by atoms with Crippen molar-refractivity contribution in [3.05, 3.63) is 42.5 Å². The highest BCUT2D eigenvalue weighted by atomic mass is 32.2. The lowest BCUT2D eigenvalue weighted by molar-refractivity contribution is -0.121. The molecule has 1 aliphatic carbocycles. The largest absolute Gasteiger partial charge is 0.300 e. The molecule has 3 nitrogen and oxygen atoms in total. The molecular weight excluding hydrogens is 260 g/mol. The molecule has 0 radical (unpaired) electrons. The average molecular weight is 278 g/mol. The SMILES string of the molecule is C=C1C[C@H](C(C)=O)[C@@H](C)[C@@H]1S(=O)(=O)c1ccccc1. The van der Waals surface area contributed by atoms with Gasteiger partial charge in [-0.3, -0.25) is 4.79 Å². The molecule has 1 fully saturated rings. The maximum atomic E-state index is 12.7. The Morgan fingerprint density at radius 2 is 1.84 bits per heavy atom. The first-order valence-corrected chi connectivity index (χ1v) is 7.87. The Labute approximate surface area is 114 Å². The van der Waals surface area contributed by atoms with Gasteiger partial charge in [-0.25, -0.2) is 8.42 Å². The van der Waals surface area contributed by atoms with E-state index in [0.29, 0.717) is 16.9 Å². The molecule has 1 aliphatic rings. The van der Waals surface area contributed by atoms with Crippen LogP contribution >= 0.6 is 0 Å². The quantitative estimate of drug-likeness (QED) is 0.799. The summed E-state index contributed by atoms with van der Waals surface area (Å²) in [7, 11) is -3.46. The van der Waals surface area contributed by atoms with Gasteiger partial charge in [0.05, 0.1) is 10.1 Å². The molecule has 0 aromatic heterocycles. The first-order valence-electron chi connectivity index (χ1n) is 6.32. The number of benzene rings is 1.